The Morgan fingerprint density at radius 3 is 2.08 bits per heavy atom. The molecule has 194 valence electrons. The number of hydrogen-bond acceptors (Lipinski definition) is 7. The molecule has 2 N–H and O–H groups in total. The Balaban J connectivity index is 1.43. The Kier molecular flexibility index (Phi) is 8.10. The number of phenolic OH excluding ortho intramolecular Hbond substituents is 1. The van der Waals surface area contributed by atoms with Crippen LogP contribution in [0.5, 0.6) is 5.75 Å². The molecule has 2 fully saturated rings. The van der Waals surface area contributed by atoms with Gasteiger partial charge in [0.15, 0.2) is 0 Å². The number of anilines is 1. The standard InChI is InChI=1S/C24H29N3O7S2/c28-23-10-9-21(36(32,33)26-12-2-1-3-13-26)18-22(23)25-24(29)11-6-19-4-7-20(8-5-19)35(30,31)27-14-16-34-17-15-27/h4-11,18,28H,1-3,12-17H2,(H,25,29)/b11-6+. The summed E-state index contributed by atoms with van der Waals surface area (Å²) in [6, 6.07) is 9.92. The fourth-order valence-electron chi connectivity index (χ4n) is 4.06. The van der Waals surface area contributed by atoms with E-state index in [0.29, 0.717) is 45.0 Å². The van der Waals surface area contributed by atoms with Crippen molar-refractivity contribution in [3.63, 3.8) is 0 Å². The van der Waals surface area contributed by atoms with E-state index in [9.17, 15) is 26.7 Å². The predicted octanol–water partition coefficient (Wildman–Crippen LogP) is 2.24. The first kappa shape index (κ1) is 26.3. The van der Waals surface area contributed by atoms with Gasteiger partial charge in [0.1, 0.15) is 5.75 Å². The number of morpholine rings is 1. The number of nitrogens with one attached hydrogen (secondary N) is 1. The van der Waals surface area contributed by atoms with Crippen molar-refractivity contribution in [2.24, 2.45) is 0 Å². The molecule has 0 bridgehead atoms. The van der Waals surface area contributed by atoms with Gasteiger partial charge in [-0.05, 0) is 54.8 Å². The van der Waals surface area contributed by atoms with Crippen molar-refractivity contribution in [2.75, 3.05) is 44.7 Å². The van der Waals surface area contributed by atoms with Gasteiger partial charge in [0, 0.05) is 32.3 Å². The molecular weight excluding hydrogens is 506 g/mol. The van der Waals surface area contributed by atoms with E-state index in [2.05, 4.69) is 5.32 Å². The summed E-state index contributed by atoms with van der Waals surface area (Å²) in [6.07, 6.45) is 5.29. The number of aromatic hydroxyl groups is 1. The third-order valence-electron chi connectivity index (χ3n) is 6.09. The summed E-state index contributed by atoms with van der Waals surface area (Å²) in [6.45, 7) is 2.21. The molecule has 36 heavy (non-hydrogen) atoms. The molecule has 0 spiro atoms. The number of carbonyl (C=O) groups excluding carboxylic acids is 1. The molecule has 2 aliphatic rings. The molecule has 0 atom stereocenters. The highest BCUT2D eigenvalue weighted by Crippen LogP contribution is 2.29. The van der Waals surface area contributed by atoms with Crippen LogP contribution < -0.4 is 5.32 Å². The van der Waals surface area contributed by atoms with Gasteiger partial charge < -0.3 is 15.2 Å². The minimum Gasteiger partial charge on any atom is -0.506 e. The van der Waals surface area contributed by atoms with Gasteiger partial charge >= 0.3 is 0 Å². The van der Waals surface area contributed by atoms with Gasteiger partial charge in [-0.25, -0.2) is 16.8 Å². The van der Waals surface area contributed by atoms with Crippen LogP contribution in [0.25, 0.3) is 6.08 Å². The first-order valence-corrected chi connectivity index (χ1v) is 14.6. The average Bonchev–Trinajstić information content (AvgIpc) is 2.90. The first-order valence-electron chi connectivity index (χ1n) is 11.7. The SMILES string of the molecule is O=C(/C=C/c1ccc(S(=O)(=O)N2CCOCC2)cc1)Nc1cc(S(=O)(=O)N2CCCCC2)ccc1O. The lowest BCUT2D eigenvalue weighted by Gasteiger charge is -2.26. The van der Waals surface area contributed by atoms with Crippen molar-refractivity contribution in [3.8, 4) is 5.75 Å². The first-order chi connectivity index (χ1) is 17.2. The number of rotatable bonds is 7. The minimum atomic E-state index is -3.72. The second-order valence-corrected chi connectivity index (χ2v) is 12.4. The van der Waals surface area contributed by atoms with Crippen LogP contribution in [0, 0.1) is 0 Å². The highest BCUT2D eigenvalue weighted by Gasteiger charge is 2.27. The zero-order valence-corrected chi connectivity index (χ0v) is 21.3. The van der Waals surface area contributed by atoms with Crippen LogP contribution in [0.4, 0.5) is 5.69 Å². The number of phenols is 1. The highest BCUT2D eigenvalue weighted by molar-refractivity contribution is 7.89. The molecule has 0 radical (unpaired) electrons. The zero-order valence-electron chi connectivity index (χ0n) is 19.7. The lowest BCUT2D eigenvalue weighted by molar-refractivity contribution is -0.111. The van der Waals surface area contributed by atoms with Crippen molar-refractivity contribution in [3.05, 3.63) is 54.1 Å². The summed E-state index contributed by atoms with van der Waals surface area (Å²) < 4.78 is 59.3. The van der Waals surface area contributed by atoms with Crippen LogP contribution in [0.15, 0.2) is 58.3 Å². The van der Waals surface area contributed by atoms with E-state index in [1.54, 1.807) is 12.1 Å². The van der Waals surface area contributed by atoms with Gasteiger partial charge in [0.05, 0.1) is 28.7 Å². The maximum atomic E-state index is 12.9. The molecule has 2 saturated heterocycles. The number of amides is 1. The van der Waals surface area contributed by atoms with Gasteiger partial charge in [0.2, 0.25) is 26.0 Å². The van der Waals surface area contributed by atoms with E-state index in [1.165, 1.54) is 51.1 Å². The molecule has 2 aromatic carbocycles. The third-order valence-corrected chi connectivity index (χ3v) is 9.90. The van der Waals surface area contributed by atoms with Crippen molar-refractivity contribution >= 4 is 37.7 Å². The van der Waals surface area contributed by atoms with Crippen molar-refractivity contribution in [1.82, 2.24) is 8.61 Å². The number of nitrogens with zero attached hydrogens (tertiary/aromatic N) is 2. The van der Waals surface area contributed by atoms with Crippen LogP contribution in [-0.2, 0) is 29.6 Å². The molecule has 1 amide bonds. The molecule has 2 heterocycles. The van der Waals surface area contributed by atoms with Crippen LogP contribution in [0.2, 0.25) is 0 Å². The average molecular weight is 536 g/mol. The van der Waals surface area contributed by atoms with Crippen molar-refractivity contribution < 1.29 is 31.5 Å². The predicted molar refractivity (Wildman–Crippen MR) is 134 cm³/mol. The van der Waals surface area contributed by atoms with Crippen LogP contribution in [0.3, 0.4) is 0 Å². The molecule has 2 aromatic rings. The van der Waals surface area contributed by atoms with E-state index in [0.717, 1.165) is 19.3 Å². The molecule has 0 unspecified atom stereocenters. The quantitative estimate of drug-likeness (QED) is 0.410. The summed E-state index contributed by atoms with van der Waals surface area (Å²) >= 11 is 0. The second-order valence-electron chi connectivity index (χ2n) is 8.55. The van der Waals surface area contributed by atoms with Gasteiger partial charge in [0.25, 0.3) is 0 Å². The molecule has 0 aromatic heterocycles. The summed E-state index contributed by atoms with van der Waals surface area (Å²) in [5, 5.41) is 12.6. The molecule has 0 saturated carbocycles. The highest BCUT2D eigenvalue weighted by atomic mass is 32.2. The Morgan fingerprint density at radius 2 is 1.42 bits per heavy atom. The van der Waals surface area contributed by atoms with Gasteiger partial charge in [-0.15, -0.1) is 0 Å². The monoisotopic (exact) mass is 535 g/mol. The smallest absolute Gasteiger partial charge is 0.248 e. The summed E-state index contributed by atoms with van der Waals surface area (Å²) in [4.78, 5) is 12.6. The summed E-state index contributed by atoms with van der Waals surface area (Å²) in [5.74, 6) is -0.838. The van der Waals surface area contributed by atoms with E-state index < -0.39 is 26.0 Å². The number of ether oxygens (including phenoxy) is 1. The summed E-state index contributed by atoms with van der Waals surface area (Å²) in [7, 11) is -7.33. The van der Waals surface area contributed by atoms with Gasteiger partial charge in [-0.3, -0.25) is 4.79 Å². The Morgan fingerprint density at radius 1 is 0.833 bits per heavy atom. The molecule has 10 nitrogen and oxygen atoms in total. The molecule has 0 aliphatic carbocycles. The lowest BCUT2D eigenvalue weighted by Crippen LogP contribution is -2.40. The third kappa shape index (κ3) is 5.95. The van der Waals surface area contributed by atoms with E-state index in [-0.39, 0.29) is 21.2 Å². The molecule has 2 aliphatic heterocycles. The van der Waals surface area contributed by atoms with Gasteiger partial charge in [-0.1, -0.05) is 18.6 Å². The number of sulfonamides is 2. The van der Waals surface area contributed by atoms with Gasteiger partial charge in [-0.2, -0.15) is 8.61 Å². The number of piperidine rings is 1. The van der Waals surface area contributed by atoms with Crippen LogP contribution >= 0.6 is 0 Å². The fraction of sp³-hybridized carbons (Fsp3) is 0.375. The normalized spacial score (nSPS) is 18.3. The minimum absolute atomic E-state index is 0.00135. The zero-order chi connectivity index (χ0) is 25.8. The molecular formula is C24H29N3O7S2. The van der Waals surface area contributed by atoms with E-state index >= 15 is 0 Å². The largest absolute Gasteiger partial charge is 0.506 e. The fourth-order valence-corrected chi connectivity index (χ4v) is 7.02. The van der Waals surface area contributed by atoms with E-state index in [1.807, 2.05) is 0 Å². The molecule has 12 heteroatoms. The maximum Gasteiger partial charge on any atom is 0.248 e. The number of benzene rings is 2. The number of carbonyl (C=O) groups is 1. The van der Waals surface area contributed by atoms with E-state index in [4.69, 9.17) is 4.74 Å². The topological polar surface area (TPSA) is 133 Å². The van der Waals surface area contributed by atoms with Crippen molar-refractivity contribution in [2.45, 2.75) is 29.1 Å². The Hall–Kier alpha value is -2.77. The number of hydrogen-bond donors (Lipinski definition) is 2. The second kappa shape index (κ2) is 11.1. The maximum absolute atomic E-state index is 12.9. The Labute approximate surface area is 211 Å². The lowest BCUT2D eigenvalue weighted by atomic mass is 10.2. The summed E-state index contributed by atoms with van der Waals surface area (Å²) in [5.41, 5.74) is 0.575. The van der Waals surface area contributed by atoms with Crippen molar-refractivity contribution in [1.29, 1.82) is 0 Å². The van der Waals surface area contributed by atoms with Crippen LogP contribution in [0.1, 0.15) is 24.8 Å². The Bertz CT molecular complexity index is 1330. The van der Waals surface area contributed by atoms with Crippen LogP contribution in [-0.4, -0.2) is 75.9 Å². The molecule has 4 rings (SSSR count).